The summed E-state index contributed by atoms with van der Waals surface area (Å²) in [6.45, 7) is 4.17. The number of rotatable bonds is 5. The molecule has 0 aliphatic carbocycles. The first-order valence-corrected chi connectivity index (χ1v) is 6.24. The number of carbonyl (C=O) groups is 1. The van der Waals surface area contributed by atoms with Crippen LogP contribution >= 0.6 is 0 Å². The minimum atomic E-state index is -0.380. The summed E-state index contributed by atoms with van der Waals surface area (Å²) >= 11 is 0. The lowest BCUT2D eigenvalue weighted by Crippen LogP contribution is -2.01. The molecule has 0 saturated carbocycles. The fraction of sp³-hybridized carbons (Fsp3) is 0.357. The fourth-order valence-corrected chi connectivity index (χ4v) is 1.51. The lowest BCUT2D eigenvalue weighted by Gasteiger charge is -2.04. The average Bonchev–Trinajstić information content (AvgIpc) is 2.94. The van der Waals surface area contributed by atoms with Crippen LogP contribution in [0.4, 0.5) is 0 Å². The molecule has 1 aromatic carbocycles. The zero-order valence-electron chi connectivity index (χ0n) is 11.6. The maximum Gasteiger partial charge on any atom is 0.337 e. The van der Waals surface area contributed by atoms with Gasteiger partial charge in [0.2, 0.25) is 0 Å². The number of hydrogen-bond acceptors (Lipinski definition) is 6. The van der Waals surface area contributed by atoms with E-state index in [0.717, 1.165) is 0 Å². The summed E-state index contributed by atoms with van der Waals surface area (Å²) in [5.41, 5.74) is 0.472. The quantitative estimate of drug-likeness (QED) is 0.781. The van der Waals surface area contributed by atoms with Crippen molar-refractivity contribution in [3.63, 3.8) is 0 Å². The van der Waals surface area contributed by atoms with Crippen molar-refractivity contribution in [1.82, 2.24) is 10.1 Å². The first kappa shape index (κ1) is 14.0. The van der Waals surface area contributed by atoms with Crippen LogP contribution in [0.25, 0.3) is 0 Å². The molecule has 2 rings (SSSR count). The molecule has 0 atom stereocenters. The van der Waals surface area contributed by atoms with Gasteiger partial charge in [-0.2, -0.15) is 4.98 Å². The highest BCUT2D eigenvalue weighted by Crippen LogP contribution is 2.15. The van der Waals surface area contributed by atoms with E-state index in [1.54, 1.807) is 24.3 Å². The normalized spacial score (nSPS) is 10.6. The van der Waals surface area contributed by atoms with Crippen molar-refractivity contribution in [2.45, 2.75) is 26.4 Å². The van der Waals surface area contributed by atoms with E-state index in [2.05, 4.69) is 14.9 Å². The van der Waals surface area contributed by atoms with E-state index in [-0.39, 0.29) is 18.5 Å². The average molecular weight is 276 g/mol. The van der Waals surface area contributed by atoms with E-state index in [0.29, 0.717) is 23.0 Å². The molecule has 0 spiro atoms. The van der Waals surface area contributed by atoms with E-state index < -0.39 is 0 Å². The van der Waals surface area contributed by atoms with Gasteiger partial charge in [-0.05, 0) is 24.3 Å². The minimum absolute atomic E-state index is 0.192. The maximum absolute atomic E-state index is 11.3. The van der Waals surface area contributed by atoms with Crippen LogP contribution < -0.4 is 4.74 Å². The number of carbonyl (C=O) groups excluding carboxylic acids is 1. The molecule has 106 valence electrons. The van der Waals surface area contributed by atoms with Gasteiger partial charge >= 0.3 is 5.97 Å². The van der Waals surface area contributed by atoms with Gasteiger partial charge in [0.1, 0.15) is 5.75 Å². The Morgan fingerprint density at radius 3 is 2.55 bits per heavy atom. The lowest BCUT2D eigenvalue weighted by molar-refractivity contribution is 0.0600. The maximum atomic E-state index is 11.3. The molecule has 0 aliphatic rings. The Kier molecular flexibility index (Phi) is 4.34. The van der Waals surface area contributed by atoms with Crippen molar-refractivity contribution in [3.8, 4) is 5.75 Å². The van der Waals surface area contributed by atoms with E-state index in [9.17, 15) is 4.79 Å². The first-order valence-electron chi connectivity index (χ1n) is 6.24. The van der Waals surface area contributed by atoms with Crippen LogP contribution in [0, 0.1) is 0 Å². The number of ether oxygens (including phenoxy) is 2. The van der Waals surface area contributed by atoms with Gasteiger partial charge in [-0.3, -0.25) is 0 Å². The van der Waals surface area contributed by atoms with Crippen LogP contribution in [0.5, 0.6) is 5.75 Å². The molecule has 0 N–H and O–H groups in total. The molecule has 0 saturated heterocycles. The second-order valence-electron chi connectivity index (χ2n) is 4.51. The number of benzene rings is 1. The molecule has 6 nitrogen and oxygen atoms in total. The summed E-state index contributed by atoms with van der Waals surface area (Å²) in [6, 6.07) is 6.64. The van der Waals surface area contributed by atoms with Gasteiger partial charge in [-0.25, -0.2) is 4.79 Å². The Morgan fingerprint density at radius 2 is 2.00 bits per heavy atom. The van der Waals surface area contributed by atoms with E-state index in [4.69, 9.17) is 9.26 Å². The highest BCUT2D eigenvalue weighted by Gasteiger charge is 2.10. The number of nitrogens with zero attached hydrogens (tertiary/aromatic N) is 2. The topological polar surface area (TPSA) is 74.5 Å². The summed E-state index contributed by atoms with van der Waals surface area (Å²) in [5, 5.41) is 3.85. The van der Waals surface area contributed by atoms with Crippen molar-refractivity contribution < 1.29 is 18.8 Å². The molecular weight excluding hydrogens is 260 g/mol. The highest BCUT2D eigenvalue weighted by molar-refractivity contribution is 5.89. The number of aromatic nitrogens is 2. The second kappa shape index (κ2) is 6.18. The molecule has 1 heterocycles. The van der Waals surface area contributed by atoms with Crippen LogP contribution in [0.1, 0.15) is 41.8 Å². The van der Waals surface area contributed by atoms with Gasteiger partial charge < -0.3 is 14.0 Å². The summed E-state index contributed by atoms with van der Waals surface area (Å²) in [6.07, 6.45) is 0. The summed E-state index contributed by atoms with van der Waals surface area (Å²) in [5.74, 6) is 1.53. The largest absolute Gasteiger partial charge is 0.484 e. The third kappa shape index (κ3) is 3.34. The number of hydrogen-bond donors (Lipinski definition) is 0. The van der Waals surface area contributed by atoms with Crippen LogP contribution in [0.2, 0.25) is 0 Å². The molecule has 0 bridgehead atoms. The standard InChI is InChI=1S/C14H16N2O4/c1-9(2)13-15-12(20-16-13)8-19-11-6-4-10(5-7-11)14(17)18-3/h4-7,9H,8H2,1-3H3. The van der Waals surface area contributed by atoms with E-state index >= 15 is 0 Å². The van der Waals surface area contributed by atoms with E-state index in [1.165, 1.54) is 7.11 Å². The van der Waals surface area contributed by atoms with E-state index in [1.807, 2.05) is 13.8 Å². The molecule has 6 heteroatoms. The molecule has 0 amide bonds. The molecule has 0 aliphatic heterocycles. The molecule has 0 unspecified atom stereocenters. The van der Waals surface area contributed by atoms with Gasteiger partial charge in [0.05, 0.1) is 12.7 Å². The first-order chi connectivity index (χ1) is 9.60. The highest BCUT2D eigenvalue weighted by atomic mass is 16.5. The lowest BCUT2D eigenvalue weighted by atomic mass is 10.2. The minimum Gasteiger partial charge on any atom is -0.484 e. The molecule has 20 heavy (non-hydrogen) atoms. The Balaban J connectivity index is 1.95. The Morgan fingerprint density at radius 1 is 1.30 bits per heavy atom. The molecule has 0 radical (unpaired) electrons. The third-order valence-electron chi connectivity index (χ3n) is 2.64. The monoisotopic (exact) mass is 276 g/mol. The van der Waals surface area contributed by atoms with Crippen molar-refractivity contribution in [1.29, 1.82) is 0 Å². The number of esters is 1. The summed E-state index contributed by atoms with van der Waals surface area (Å²) < 4.78 is 15.2. The summed E-state index contributed by atoms with van der Waals surface area (Å²) in [4.78, 5) is 15.5. The molecule has 1 aromatic heterocycles. The van der Waals surface area contributed by atoms with Crippen LogP contribution in [0.15, 0.2) is 28.8 Å². The Labute approximate surface area is 116 Å². The van der Waals surface area contributed by atoms with Gasteiger partial charge in [-0.1, -0.05) is 19.0 Å². The zero-order valence-corrected chi connectivity index (χ0v) is 11.6. The predicted molar refractivity (Wildman–Crippen MR) is 70.5 cm³/mol. The number of methoxy groups -OCH3 is 1. The van der Waals surface area contributed by atoms with Crippen molar-refractivity contribution in [2.75, 3.05) is 7.11 Å². The van der Waals surface area contributed by atoms with Gasteiger partial charge in [0.25, 0.3) is 5.89 Å². The van der Waals surface area contributed by atoms with Crippen molar-refractivity contribution in [2.24, 2.45) is 0 Å². The van der Waals surface area contributed by atoms with Crippen LogP contribution in [0.3, 0.4) is 0 Å². The molecule has 2 aromatic rings. The van der Waals surface area contributed by atoms with Crippen molar-refractivity contribution >= 4 is 5.97 Å². The van der Waals surface area contributed by atoms with Crippen LogP contribution in [-0.2, 0) is 11.3 Å². The van der Waals surface area contributed by atoms with Crippen LogP contribution in [-0.4, -0.2) is 23.2 Å². The Hall–Kier alpha value is -2.37. The SMILES string of the molecule is COC(=O)c1ccc(OCc2nc(C(C)C)no2)cc1. The smallest absolute Gasteiger partial charge is 0.337 e. The second-order valence-corrected chi connectivity index (χ2v) is 4.51. The van der Waals surface area contributed by atoms with Gasteiger partial charge in [0, 0.05) is 5.92 Å². The predicted octanol–water partition coefficient (Wildman–Crippen LogP) is 2.56. The molecular formula is C14H16N2O4. The fourth-order valence-electron chi connectivity index (χ4n) is 1.51. The van der Waals surface area contributed by atoms with Crippen molar-refractivity contribution in [3.05, 3.63) is 41.5 Å². The van der Waals surface area contributed by atoms with Gasteiger partial charge in [-0.15, -0.1) is 0 Å². The Bertz CT molecular complexity index is 575. The molecule has 0 fully saturated rings. The third-order valence-corrected chi connectivity index (χ3v) is 2.64. The zero-order chi connectivity index (χ0) is 14.5. The summed E-state index contributed by atoms with van der Waals surface area (Å²) in [7, 11) is 1.34. The van der Waals surface area contributed by atoms with Gasteiger partial charge in [0.15, 0.2) is 12.4 Å².